The lowest BCUT2D eigenvalue weighted by Crippen LogP contribution is -2.41. The van der Waals surface area contributed by atoms with Crippen molar-refractivity contribution in [2.45, 2.75) is 35.7 Å². The van der Waals surface area contributed by atoms with Crippen molar-refractivity contribution in [2.75, 3.05) is 18.1 Å². The van der Waals surface area contributed by atoms with Crippen molar-refractivity contribution >= 4 is 27.5 Å². The molecule has 0 bridgehead atoms. The molecule has 5 nitrogen and oxygen atoms in total. The number of benzene rings is 1. The molecule has 1 fully saturated rings. The van der Waals surface area contributed by atoms with Crippen molar-refractivity contribution in [1.29, 1.82) is 0 Å². The van der Waals surface area contributed by atoms with E-state index in [0.29, 0.717) is 18.5 Å². The fraction of sp³-hybridized carbons (Fsp3) is 0.368. The van der Waals surface area contributed by atoms with Gasteiger partial charge in [-0.2, -0.15) is 0 Å². The van der Waals surface area contributed by atoms with Crippen LogP contribution in [0, 0.1) is 0 Å². The maximum atomic E-state index is 12.9. The van der Waals surface area contributed by atoms with Crippen LogP contribution in [0.5, 0.6) is 0 Å². The zero-order chi connectivity index (χ0) is 18.6. The number of pyridine rings is 1. The van der Waals surface area contributed by atoms with Gasteiger partial charge in [-0.3, -0.25) is 4.79 Å². The highest BCUT2D eigenvalue weighted by molar-refractivity contribution is 7.99. The van der Waals surface area contributed by atoms with E-state index in [0.717, 1.165) is 16.3 Å². The minimum Gasteiger partial charge on any atom is -0.335 e. The van der Waals surface area contributed by atoms with Crippen LogP contribution in [-0.2, 0) is 9.84 Å². The summed E-state index contributed by atoms with van der Waals surface area (Å²) < 4.78 is 23.6. The van der Waals surface area contributed by atoms with Crippen molar-refractivity contribution in [3.8, 4) is 0 Å². The largest absolute Gasteiger partial charge is 0.335 e. The predicted octanol–water partition coefficient (Wildman–Crippen LogP) is 3.27. The van der Waals surface area contributed by atoms with Gasteiger partial charge in [-0.25, -0.2) is 13.4 Å². The van der Waals surface area contributed by atoms with Crippen LogP contribution < -0.4 is 0 Å². The first-order valence-electron chi connectivity index (χ1n) is 8.69. The van der Waals surface area contributed by atoms with E-state index in [-0.39, 0.29) is 23.5 Å². The third kappa shape index (κ3) is 4.65. The maximum Gasteiger partial charge on any atom is 0.254 e. The Morgan fingerprint density at radius 2 is 2.00 bits per heavy atom. The Morgan fingerprint density at radius 1 is 1.23 bits per heavy atom. The molecule has 0 radical (unpaired) electrons. The van der Waals surface area contributed by atoms with Gasteiger partial charge in [0.05, 0.1) is 11.5 Å². The Hall–Kier alpha value is -1.86. The van der Waals surface area contributed by atoms with Crippen molar-refractivity contribution in [3.63, 3.8) is 0 Å². The number of carbonyl (C=O) groups is 1. The topological polar surface area (TPSA) is 67.3 Å². The third-order valence-corrected chi connectivity index (χ3v) is 7.04. The van der Waals surface area contributed by atoms with Crippen LogP contribution in [0.25, 0.3) is 0 Å². The minimum absolute atomic E-state index is 0.0757. The molecule has 1 aromatic heterocycles. The molecule has 1 aliphatic rings. The summed E-state index contributed by atoms with van der Waals surface area (Å²) in [7, 11) is -3.02. The van der Waals surface area contributed by atoms with Crippen molar-refractivity contribution < 1.29 is 13.2 Å². The molecule has 1 atom stereocenters. The van der Waals surface area contributed by atoms with Gasteiger partial charge in [-0.1, -0.05) is 24.8 Å². The number of amides is 1. The lowest BCUT2D eigenvalue weighted by atomic mass is 10.1. The van der Waals surface area contributed by atoms with Gasteiger partial charge in [0.15, 0.2) is 9.84 Å². The van der Waals surface area contributed by atoms with Crippen LogP contribution in [0.3, 0.4) is 0 Å². The van der Waals surface area contributed by atoms with E-state index in [1.165, 1.54) is 11.8 Å². The second-order valence-corrected chi connectivity index (χ2v) is 9.67. The number of aromatic nitrogens is 1. The molecule has 0 spiro atoms. The second kappa shape index (κ2) is 8.22. The van der Waals surface area contributed by atoms with Gasteiger partial charge in [0.25, 0.3) is 5.91 Å². The van der Waals surface area contributed by atoms with Crippen molar-refractivity contribution in [1.82, 2.24) is 9.88 Å². The third-order valence-electron chi connectivity index (χ3n) is 4.34. The summed E-state index contributed by atoms with van der Waals surface area (Å²) in [6.45, 7) is 2.57. The molecule has 26 heavy (non-hydrogen) atoms. The highest BCUT2D eigenvalue weighted by Crippen LogP contribution is 2.26. The van der Waals surface area contributed by atoms with E-state index in [9.17, 15) is 13.2 Å². The Morgan fingerprint density at radius 3 is 2.58 bits per heavy atom. The molecule has 2 heterocycles. The maximum absolute atomic E-state index is 12.9. The van der Waals surface area contributed by atoms with E-state index in [1.807, 2.05) is 37.3 Å². The number of nitrogens with zero attached hydrogens (tertiary/aromatic N) is 2. The smallest absolute Gasteiger partial charge is 0.254 e. The van der Waals surface area contributed by atoms with Crippen LogP contribution in [0.4, 0.5) is 0 Å². The first kappa shape index (κ1) is 18.9. The molecule has 1 unspecified atom stereocenters. The average molecular weight is 391 g/mol. The molecule has 1 aromatic carbocycles. The summed E-state index contributed by atoms with van der Waals surface area (Å²) in [5.41, 5.74) is 0.591. The highest BCUT2D eigenvalue weighted by atomic mass is 32.2. The molecule has 138 valence electrons. The van der Waals surface area contributed by atoms with E-state index >= 15 is 0 Å². The molecule has 0 saturated carbocycles. The molecule has 1 saturated heterocycles. The van der Waals surface area contributed by atoms with E-state index in [1.54, 1.807) is 23.2 Å². The highest BCUT2D eigenvalue weighted by Gasteiger charge is 2.34. The zero-order valence-electron chi connectivity index (χ0n) is 14.7. The molecule has 1 aliphatic heterocycles. The summed E-state index contributed by atoms with van der Waals surface area (Å²) >= 11 is 1.54. The summed E-state index contributed by atoms with van der Waals surface area (Å²) in [4.78, 5) is 19.9. The Labute approximate surface area is 158 Å². The fourth-order valence-corrected chi connectivity index (χ4v) is 5.58. The summed E-state index contributed by atoms with van der Waals surface area (Å²) in [5.74, 6) is 0.153. The van der Waals surface area contributed by atoms with Gasteiger partial charge in [0, 0.05) is 29.2 Å². The van der Waals surface area contributed by atoms with Crippen LogP contribution in [-0.4, -0.2) is 48.3 Å². The molecule has 0 N–H and O–H groups in total. The van der Waals surface area contributed by atoms with Crippen LogP contribution in [0.2, 0.25) is 0 Å². The Bertz CT molecular complexity index is 852. The Kier molecular flexibility index (Phi) is 5.98. The molecule has 3 rings (SSSR count). The normalized spacial score (nSPS) is 18.6. The SMILES string of the molecule is CCCN(C(=O)c1ccc(Sc2ccccn2)cc1)C1CCS(=O)(=O)C1. The van der Waals surface area contributed by atoms with Crippen LogP contribution in [0.15, 0.2) is 58.6 Å². The molecule has 2 aromatic rings. The van der Waals surface area contributed by atoms with Gasteiger partial charge >= 0.3 is 0 Å². The van der Waals surface area contributed by atoms with Crippen LogP contribution >= 0.6 is 11.8 Å². The van der Waals surface area contributed by atoms with Crippen molar-refractivity contribution in [3.05, 3.63) is 54.2 Å². The van der Waals surface area contributed by atoms with E-state index in [2.05, 4.69) is 4.98 Å². The fourth-order valence-electron chi connectivity index (χ4n) is 3.07. The standard InChI is InChI=1S/C19H22N2O3S2/c1-2-12-21(16-10-13-26(23,24)14-16)19(22)15-6-8-17(9-7-15)25-18-5-3-4-11-20-18/h3-9,11,16H,2,10,12-14H2,1H3. The quantitative estimate of drug-likeness (QED) is 0.757. The minimum atomic E-state index is -3.02. The van der Waals surface area contributed by atoms with E-state index in [4.69, 9.17) is 0 Å². The number of carbonyl (C=O) groups excluding carboxylic acids is 1. The van der Waals surface area contributed by atoms with Crippen LogP contribution in [0.1, 0.15) is 30.1 Å². The predicted molar refractivity (Wildman–Crippen MR) is 103 cm³/mol. The molecule has 1 amide bonds. The molecular formula is C19H22N2O3S2. The summed E-state index contributed by atoms with van der Waals surface area (Å²) in [6, 6.07) is 13.0. The summed E-state index contributed by atoms with van der Waals surface area (Å²) in [6.07, 6.45) is 3.08. The molecule has 7 heteroatoms. The summed E-state index contributed by atoms with van der Waals surface area (Å²) in [5, 5.41) is 0.898. The number of hydrogen-bond acceptors (Lipinski definition) is 5. The lowest BCUT2D eigenvalue weighted by Gasteiger charge is -2.28. The van der Waals surface area contributed by atoms with Gasteiger partial charge < -0.3 is 4.90 Å². The van der Waals surface area contributed by atoms with Crippen molar-refractivity contribution in [2.24, 2.45) is 0 Å². The Balaban J connectivity index is 1.73. The molecular weight excluding hydrogens is 368 g/mol. The van der Waals surface area contributed by atoms with Gasteiger partial charge in [0.2, 0.25) is 0 Å². The molecule has 0 aliphatic carbocycles. The lowest BCUT2D eigenvalue weighted by molar-refractivity contribution is 0.0697. The van der Waals surface area contributed by atoms with E-state index < -0.39 is 9.84 Å². The number of sulfone groups is 1. The van der Waals surface area contributed by atoms with Gasteiger partial charge in [-0.15, -0.1) is 0 Å². The monoisotopic (exact) mass is 390 g/mol. The first-order valence-corrected chi connectivity index (χ1v) is 11.3. The number of rotatable bonds is 6. The first-order chi connectivity index (χ1) is 12.5. The zero-order valence-corrected chi connectivity index (χ0v) is 16.3. The average Bonchev–Trinajstić information content (AvgIpc) is 3.00. The number of hydrogen-bond donors (Lipinski definition) is 0. The second-order valence-electron chi connectivity index (χ2n) is 6.35. The van der Waals surface area contributed by atoms with Gasteiger partial charge in [-0.05, 0) is 49.2 Å². The van der Waals surface area contributed by atoms with Gasteiger partial charge in [0.1, 0.15) is 5.03 Å².